The Kier molecular flexibility index (Phi) is 9.41. The van der Waals surface area contributed by atoms with Gasteiger partial charge in [0, 0.05) is 23.2 Å². The Bertz CT molecular complexity index is 1500. The van der Waals surface area contributed by atoms with E-state index in [4.69, 9.17) is 42.8 Å². The molecular weight excluding hydrogens is 539 g/mol. The molecule has 3 aromatic carbocycles. The lowest BCUT2D eigenvalue weighted by Crippen LogP contribution is -2.11. The van der Waals surface area contributed by atoms with Crippen molar-refractivity contribution in [1.29, 1.82) is 0 Å². The molecule has 0 unspecified atom stereocenters. The van der Waals surface area contributed by atoms with E-state index in [1.165, 1.54) is 7.11 Å². The second-order valence-electron chi connectivity index (χ2n) is 8.64. The second-order valence-corrected chi connectivity index (χ2v) is 9.49. The summed E-state index contributed by atoms with van der Waals surface area (Å²) in [5.74, 6) is 0.0271. The van der Waals surface area contributed by atoms with Gasteiger partial charge in [0.2, 0.25) is 0 Å². The number of aromatic nitrogens is 2. The van der Waals surface area contributed by atoms with E-state index in [0.717, 1.165) is 16.7 Å². The molecule has 0 fully saturated rings. The molecule has 4 aromatic rings. The number of nitrogens with zero attached hydrogens (tertiary/aromatic N) is 2. The Labute approximate surface area is 236 Å². The van der Waals surface area contributed by atoms with E-state index < -0.39 is 11.9 Å². The lowest BCUT2D eigenvalue weighted by atomic mass is 10.0. The van der Waals surface area contributed by atoms with Crippen molar-refractivity contribution in [1.82, 2.24) is 9.55 Å². The average Bonchev–Trinajstić information content (AvgIpc) is 3.32. The zero-order valence-corrected chi connectivity index (χ0v) is 22.7. The molecule has 0 saturated heterocycles. The number of carboxylic acids is 1. The summed E-state index contributed by atoms with van der Waals surface area (Å²) in [5, 5.41) is 9.72. The number of halogens is 2. The normalized spacial score (nSPS) is 11.1. The fraction of sp³-hybridized carbons (Fsp3) is 0.167. The van der Waals surface area contributed by atoms with E-state index in [9.17, 15) is 9.59 Å². The maximum Gasteiger partial charge on any atom is 0.325 e. The van der Waals surface area contributed by atoms with Crippen molar-refractivity contribution >= 4 is 47.3 Å². The lowest BCUT2D eigenvalue weighted by Gasteiger charge is -2.07. The molecule has 39 heavy (non-hydrogen) atoms. The topological polar surface area (TPSA) is 90.7 Å². The molecular formula is C30H26Cl2N2O5. The number of rotatable bonds is 11. The van der Waals surface area contributed by atoms with Gasteiger partial charge in [-0.3, -0.25) is 9.59 Å². The number of hydrogen-bond donors (Lipinski definition) is 1. The standard InChI is InChI=1S/C30H26Cl2N2O5/c1-38-30(37)19-34-18-27(25-13-10-23(31)17-26(25)32)33-28(34)14-7-20-4-2-5-22(16-20)21-8-11-24(12-9-21)39-15-3-6-29(35)36/h2,4-5,7-14,16-18H,3,6,15,19H2,1H3,(H,35,36). The first-order valence-electron chi connectivity index (χ1n) is 12.1. The first-order chi connectivity index (χ1) is 18.8. The highest BCUT2D eigenvalue weighted by Crippen LogP contribution is 2.30. The van der Waals surface area contributed by atoms with Crippen LogP contribution in [0.4, 0.5) is 0 Å². The van der Waals surface area contributed by atoms with E-state index in [-0.39, 0.29) is 13.0 Å². The molecule has 9 heteroatoms. The molecule has 0 saturated carbocycles. The van der Waals surface area contributed by atoms with Gasteiger partial charge >= 0.3 is 11.9 Å². The summed E-state index contributed by atoms with van der Waals surface area (Å²) in [6.07, 6.45) is 6.05. The zero-order valence-electron chi connectivity index (χ0n) is 21.1. The summed E-state index contributed by atoms with van der Waals surface area (Å²) in [6, 6.07) is 20.8. The average molecular weight is 565 g/mol. The number of methoxy groups -OCH3 is 1. The van der Waals surface area contributed by atoms with Crippen LogP contribution in [0.5, 0.6) is 5.75 Å². The van der Waals surface area contributed by atoms with E-state index in [1.54, 1.807) is 29.0 Å². The number of benzene rings is 3. The van der Waals surface area contributed by atoms with Gasteiger partial charge in [0.25, 0.3) is 0 Å². The van der Waals surface area contributed by atoms with Crippen LogP contribution in [0.2, 0.25) is 10.0 Å². The van der Waals surface area contributed by atoms with E-state index in [2.05, 4.69) is 0 Å². The van der Waals surface area contributed by atoms with Crippen molar-refractivity contribution in [3.8, 4) is 28.1 Å². The number of aliphatic carboxylic acids is 1. The SMILES string of the molecule is COC(=O)Cn1cc(-c2ccc(Cl)cc2Cl)nc1C=Cc1cccc(-c2ccc(OCCCC(=O)O)cc2)c1. The van der Waals surface area contributed by atoms with Crippen molar-refractivity contribution in [3.63, 3.8) is 0 Å². The quantitative estimate of drug-likeness (QED) is 0.154. The van der Waals surface area contributed by atoms with Crippen LogP contribution in [-0.4, -0.2) is 40.3 Å². The van der Waals surface area contributed by atoms with Gasteiger partial charge in [-0.25, -0.2) is 4.98 Å². The number of carbonyl (C=O) groups is 2. The molecule has 0 aliphatic carbocycles. The fourth-order valence-electron chi connectivity index (χ4n) is 3.87. The Morgan fingerprint density at radius 1 is 1.00 bits per heavy atom. The highest BCUT2D eigenvalue weighted by atomic mass is 35.5. The summed E-state index contributed by atoms with van der Waals surface area (Å²) in [6.45, 7) is 0.350. The summed E-state index contributed by atoms with van der Waals surface area (Å²) >= 11 is 12.4. The van der Waals surface area contributed by atoms with Gasteiger partial charge in [0.15, 0.2) is 0 Å². The van der Waals surface area contributed by atoms with Crippen molar-refractivity contribution in [2.24, 2.45) is 0 Å². The molecule has 200 valence electrons. The smallest absolute Gasteiger partial charge is 0.325 e. The Morgan fingerprint density at radius 3 is 2.51 bits per heavy atom. The molecule has 1 heterocycles. The molecule has 0 amide bonds. The third-order valence-corrected chi connectivity index (χ3v) is 6.39. The number of hydrogen-bond acceptors (Lipinski definition) is 5. The minimum absolute atomic E-state index is 0.000844. The third-order valence-electron chi connectivity index (χ3n) is 5.84. The molecule has 0 aliphatic heterocycles. The van der Waals surface area contributed by atoms with Crippen LogP contribution in [0.15, 0.2) is 72.9 Å². The van der Waals surface area contributed by atoms with Crippen LogP contribution >= 0.6 is 23.2 Å². The largest absolute Gasteiger partial charge is 0.494 e. The van der Waals surface area contributed by atoms with Gasteiger partial charge in [0.05, 0.1) is 24.4 Å². The Morgan fingerprint density at radius 2 is 1.79 bits per heavy atom. The summed E-state index contributed by atoms with van der Waals surface area (Å²) in [7, 11) is 1.34. The number of carboxylic acid groups (broad SMARTS) is 1. The van der Waals surface area contributed by atoms with Crippen molar-refractivity contribution in [2.75, 3.05) is 13.7 Å². The minimum Gasteiger partial charge on any atom is -0.494 e. The zero-order chi connectivity index (χ0) is 27.8. The van der Waals surface area contributed by atoms with Crippen molar-refractivity contribution in [3.05, 3.63) is 94.4 Å². The molecule has 0 spiro atoms. The van der Waals surface area contributed by atoms with Gasteiger partial charge in [-0.05, 0) is 65.6 Å². The van der Waals surface area contributed by atoms with Crippen LogP contribution in [0.25, 0.3) is 34.5 Å². The predicted molar refractivity (Wildman–Crippen MR) is 153 cm³/mol. The first kappa shape index (κ1) is 28.0. The molecule has 0 radical (unpaired) electrons. The molecule has 1 N–H and O–H groups in total. The monoisotopic (exact) mass is 564 g/mol. The summed E-state index contributed by atoms with van der Waals surface area (Å²) in [4.78, 5) is 27.3. The van der Waals surface area contributed by atoms with E-state index >= 15 is 0 Å². The molecule has 4 rings (SSSR count). The molecule has 7 nitrogen and oxygen atoms in total. The van der Waals surface area contributed by atoms with Crippen molar-refractivity contribution < 1.29 is 24.2 Å². The molecule has 0 atom stereocenters. The summed E-state index contributed by atoms with van der Waals surface area (Å²) < 4.78 is 12.2. The summed E-state index contributed by atoms with van der Waals surface area (Å²) in [5.41, 5.74) is 4.28. The second kappa shape index (κ2) is 13.1. The number of imidazole rings is 1. The minimum atomic E-state index is -0.832. The lowest BCUT2D eigenvalue weighted by molar-refractivity contribution is -0.141. The fourth-order valence-corrected chi connectivity index (χ4v) is 4.38. The molecule has 1 aromatic heterocycles. The highest BCUT2D eigenvalue weighted by Gasteiger charge is 2.14. The molecule has 0 bridgehead atoms. The van der Waals surface area contributed by atoms with Crippen LogP contribution in [0.1, 0.15) is 24.2 Å². The number of esters is 1. The maximum atomic E-state index is 12.0. The van der Waals surface area contributed by atoms with E-state index in [1.807, 2.05) is 60.7 Å². The van der Waals surface area contributed by atoms with Gasteiger partial charge in [-0.2, -0.15) is 0 Å². The van der Waals surface area contributed by atoms with Crippen LogP contribution in [0, 0.1) is 0 Å². The Hall–Kier alpha value is -4.07. The van der Waals surface area contributed by atoms with Gasteiger partial charge < -0.3 is 19.1 Å². The van der Waals surface area contributed by atoms with Gasteiger partial charge in [-0.15, -0.1) is 0 Å². The molecule has 0 aliphatic rings. The predicted octanol–water partition coefficient (Wildman–Crippen LogP) is 7.11. The van der Waals surface area contributed by atoms with Crippen LogP contribution in [0.3, 0.4) is 0 Å². The number of carbonyl (C=O) groups excluding carboxylic acids is 1. The highest BCUT2D eigenvalue weighted by molar-refractivity contribution is 6.36. The van der Waals surface area contributed by atoms with Gasteiger partial charge in [-0.1, -0.05) is 59.6 Å². The van der Waals surface area contributed by atoms with Crippen LogP contribution in [-0.2, 0) is 20.9 Å². The van der Waals surface area contributed by atoms with Gasteiger partial charge in [0.1, 0.15) is 18.1 Å². The third kappa shape index (κ3) is 7.72. The number of ether oxygens (including phenoxy) is 2. The van der Waals surface area contributed by atoms with Crippen LogP contribution < -0.4 is 4.74 Å². The van der Waals surface area contributed by atoms with Crippen molar-refractivity contribution in [2.45, 2.75) is 19.4 Å². The van der Waals surface area contributed by atoms with E-state index in [0.29, 0.717) is 45.9 Å². The maximum absolute atomic E-state index is 12.0. The Balaban J connectivity index is 1.53. The first-order valence-corrected chi connectivity index (χ1v) is 12.9.